The largest absolute Gasteiger partial charge is 0.492 e. The van der Waals surface area contributed by atoms with Crippen molar-refractivity contribution in [1.29, 1.82) is 0 Å². The summed E-state index contributed by atoms with van der Waals surface area (Å²) in [7, 11) is 0. The quantitative estimate of drug-likeness (QED) is 0.386. The highest BCUT2D eigenvalue weighted by atomic mass is 35.5. The van der Waals surface area contributed by atoms with E-state index in [0.717, 1.165) is 30.0 Å². The van der Waals surface area contributed by atoms with Gasteiger partial charge in [0.1, 0.15) is 24.0 Å². The van der Waals surface area contributed by atoms with Crippen molar-refractivity contribution in [2.24, 2.45) is 0 Å². The predicted octanol–water partition coefficient (Wildman–Crippen LogP) is 3.45. The Morgan fingerprint density at radius 3 is 2.59 bits per heavy atom. The molecule has 0 saturated carbocycles. The lowest BCUT2D eigenvalue weighted by Gasteiger charge is -2.08. The Morgan fingerprint density at radius 2 is 1.85 bits per heavy atom. The molecule has 0 unspecified atom stereocenters. The van der Waals surface area contributed by atoms with Gasteiger partial charge >= 0.3 is 5.97 Å². The molecule has 0 aliphatic heterocycles. The number of hydrogen-bond acceptors (Lipinski definition) is 5. The van der Waals surface area contributed by atoms with Gasteiger partial charge in [-0.05, 0) is 42.5 Å². The van der Waals surface area contributed by atoms with Gasteiger partial charge in [-0.1, -0.05) is 11.6 Å². The van der Waals surface area contributed by atoms with Crippen molar-refractivity contribution in [3.63, 3.8) is 0 Å². The Kier molecular flexibility index (Phi) is 8.35. The topological polar surface area (TPSA) is 64.6 Å². The summed E-state index contributed by atoms with van der Waals surface area (Å²) in [5.41, 5.74) is 0. The van der Waals surface area contributed by atoms with Gasteiger partial charge in [-0.15, -0.1) is 11.8 Å². The van der Waals surface area contributed by atoms with Crippen molar-refractivity contribution in [3.8, 4) is 5.75 Å². The van der Waals surface area contributed by atoms with E-state index >= 15 is 0 Å². The number of esters is 1. The zero-order valence-corrected chi connectivity index (χ0v) is 15.6. The molecule has 0 aliphatic carbocycles. The SMILES string of the molecule is O=C(COC(=O)CSc1cc(F)ccc1F)NCCOc1ccc(Cl)cc1. The molecule has 0 bridgehead atoms. The molecule has 27 heavy (non-hydrogen) atoms. The van der Waals surface area contributed by atoms with E-state index in [9.17, 15) is 18.4 Å². The molecule has 2 rings (SSSR count). The molecule has 1 amide bonds. The van der Waals surface area contributed by atoms with Crippen LogP contribution in [0.2, 0.25) is 5.02 Å². The van der Waals surface area contributed by atoms with E-state index in [1.54, 1.807) is 24.3 Å². The highest BCUT2D eigenvalue weighted by Crippen LogP contribution is 2.22. The second-order valence-corrected chi connectivity index (χ2v) is 6.63. The number of carbonyl (C=O) groups is 2. The van der Waals surface area contributed by atoms with Crippen LogP contribution >= 0.6 is 23.4 Å². The zero-order chi connectivity index (χ0) is 19.6. The van der Waals surface area contributed by atoms with E-state index in [4.69, 9.17) is 21.1 Å². The molecule has 1 N–H and O–H groups in total. The van der Waals surface area contributed by atoms with E-state index in [1.165, 1.54) is 0 Å². The number of carbonyl (C=O) groups excluding carboxylic acids is 2. The van der Waals surface area contributed by atoms with Crippen LogP contribution in [-0.2, 0) is 14.3 Å². The van der Waals surface area contributed by atoms with Crippen LogP contribution in [-0.4, -0.2) is 37.4 Å². The standard InChI is InChI=1S/C18H16ClF2NO4S/c19-12-1-4-14(5-2-12)25-8-7-22-17(23)10-26-18(24)11-27-16-9-13(20)3-6-15(16)21/h1-6,9H,7-8,10-11H2,(H,22,23). The van der Waals surface area contributed by atoms with Crippen molar-refractivity contribution >= 4 is 35.2 Å². The van der Waals surface area contributed by atoms with E-state index in [2.05, 4.69) is 5.32 Å². The molecular weight excluding hydrogens is 400 g/mol. The van der Waals surface area contributed by atoms with Gasteiger partial charge in [0.05, 0.1) is 12.3 Å². The number of rotatable bonds is 9. The van der Waals surface area contributed by atoms with E-state index in [1.807, 2.05) is 0 Å². The van der Waals surface area contributed by atoms with E-state index in [0.29, 0.717) is 10.8 Å². The Bertz CT molecular complexity index is 789. The molecule has 0 fully saturated rings. The maximum absolute atomic E-state index is 13.4. The minimum atomic E-state index is -0.712. The van der Waals surface area contributed by atoms with Crippen molar-refractivity contribution in [1.82, 2.24) is 5.32 Å². The van der Waals surface area contributed by atoms with Gasteiger partial charge in [-0.3, -0.25) is 9.59 Å². The summed E-state index contributed by atoms with van der Waals surface area (Å²) >= 11 is 6.55. The first kappa shape index (κ1) is 21.0. The average Bonchev–Trinajstić information content (AvgIpc) is 2.65. The first-order chi connectivity index (χ1) is 12.9. The molecule has 5 nitrogen and oxygen atoms in total. The summed E-state index contributed by atoms with van der Waals surface area (Å²) in [6.45, 7) is -0.00967. The normalized spacial score (nSPS) is 10.3. The lowest BCUT2D eigenvalue weighted by atomic mass is 10.3. The fourth-order valence-electron chi connectivity index (χ4n) is 1.85. The molecule has 9 heteroatoms. The van der Waals surface area contributed by atoms with Crippen LogP contribution in [0.4, 0.5) is 8.78 Å². The van der Waals surface area contributed by atoms with Gasteiger partial charge in [-0.25, -0.2) is 8.78 Å². The number of thioether (sulfide) groups is 1. The third kappa shape index (κ3) is 7.84. The summed E-state index contributed by atoms with van der Waals surface area (Å²) in [6, 6.07) is 9.71. The van der Waals surface area contributed by atoms with Crippen LogP contribution in [0.25, 0.3) is 0 Å². The van der Waals surface area contributed by atoms with Crippen molar-refractivity contribution in [2.75, 3.05) is 25.5 Å². The number of amides is 1. The van der Waals surface area contributed by atoms with Gasteiger partial charge in [-0.2, -0.15) is 0 Å². The maximum Gasteiger partial charge on any atom is 0.316 e. The summed E-state index contributed by atoms with van der Waals surface area (Å²) in [5.74, 6) is -2.07. The molecule has 0 spiro atoms. The Hall–Kier alpha value is -2.32. The third-order valence-electron chi connectivity index (χ3n) is 3.11. The fourth-order valence-corrected chi connectivity index (χ4v) is 2.74. The van der Waals surface area contributed by atoms with Gasteiger partial charge in [0.2, 0.25) is 0 Å². The zero-order valence-electron chi connectivity index (χ0n) is 14.0. The Morgan fingerprint density at radius 1 is 1.11 bits per heavy atom. The summed E-state index contributed by atoms with van der Waals surface area (Å²) in [6.07, 6.45) is 0. The average molecular weight is 416 g/mol. The Labute approximate surface area is 164 Å². The number of nitrogens with one attached hydrogen (secondary N) is 1. The molecular formula is C18H16ClF2NO4S. The van der Waals surface area contributed by atoms with Crippen LogP contribution in [0.15, 0.2) is 47.4 Å². The van der Waals surface area contributed by atoms with Gasteiger partial charge in [0.25, 0.3) is 5.91 Å². The van der Waals surface area contributed by atoms with Gasteiger partial charge < -0.3 is 14.8 Å². The molecule has 0 aromatic heterocycles. The van der Waals surface area contributed by atoms with Crippen LogP contribution < -0.4 is 10.1 Å². The number of benzene rings is 2. The molecule has 2 aromatic carbocycles. The van der Waals surface area contributed by atoms with Crippen LogP contribution in [0.5, 0.6) is 5.75 Å². The monoisotopic (exact) mass is 415 g/mol. The van der Waals surface area contributed by atoms with Crippen LogP contribution in [0, 0.1) is 11.6 Å². The molecule has 2 aromatic rings. The number of hydrogen-bond donors (Lipinski definition) is 1. The van der Waals surface area contributed by atoms with E-state index < -0.39 is 30.1 Å². The maximum atomic E-state index is 13.4. The van der Waals surface area contributed by atoms with Crippen LogP contribution in [0.3, 0.4) is 0 Å². The number of ether oxygens (including phenoxy) is 2. The smallest absolute Gasteiger partial charge is 0.316 e. The van der Waals surface area contributed by atoms with Crippen molar-refractivity contribution < 1.29 is 27.8 Å². The molecule has 144 valence electrons. The minimum absolute atomic E-state index is 0.00394. The summed E-state index contributed by atoms with van der Waals surface area (Å²) in [4.78, 5) is 23.2. The minimum Gasteiger partial charge on any atom is -0.492 e. The predicted molar refractivity (Wildman–Crippen MR) is 98.0 cm³/mol. The summed E-state index contributed by atoms with van der Waals surface area (Å²) < 4.78 is 36.6. The van der Waals surface area contributed by atoms with Gasteiger partial charge in [0, 0.05) is 9.92 Å². The lowest BCUT2D eigenvalue weighted by molar-refractivity contribution is -0.145. The second kappa shape index (κ2) is 10.7. The third-order valence-corrected chi connectivity index (χ3v) is 4.37. The molecule has 0 saturated heterocycles. The summed E-state index contributed by atoms with van der Waals surface area (Å²) in [5, 5.41) is 3.12. The Balaban J connectivity index is 1.59. The molecule has 0 atom stereocenters. The van der Waals surface area contributed by atoms with E-state index in [-0.39, 0.29) is 23.8 Å². The van der Waals surface area contributed by atoms with Crippen LogP contribution in [0.1, 0.15) is 0 Å². The fraction of sp³-hybridized carbons (Fsp3) is 0.222. The first-order valence-corrected chi connectivity index (χ1v) is 9.19. The first-order valence-electron chi connectivity index (χ1n) is 7.82. The molecule has 0 aliphatic rings. The van der Waals surface area contributed by atoms with Crippen molar-refractivity contribution in [2.45, 2.75) is 4.90 Å². The van der Waals surface area contributed by atoms with Gasteiger partial charge in [0.15, 0.2) is 6.61 Å². The molecule has 0 heterocycles. The second-order valence-electron chi connectivity index (χ2n) is 5.18. The van der Waals surface area contributed by atoms with Crippen molar-refractivity contribution in [3.05, 3.63) is 59.1 Å². The molecule has 0 radical (unpaired) electrons. The highest BCUT2D eigenvalue weighted by molar-refractivity contribution is 8.00. The lowest BCUT2D eigenvalue weighted by Crippen LogP contribution is -2.32. The highest BCUT2D eigenvalue weighted by Gasteiger charge is 2.11. The number of halogens is 3.